The van der Waals surface area contributed by atoms with E-state index in [1.807, 2.05) is 0 Å². The van der Waals surface area contributed by atoms with Crippen LogP contribution in [0, 0.1) is 18.6 Å². The third-order valence-corrected chi connectivity index (χ3v) is 3.37. The van der Waals surface area contributed by atoms with Gasteiger partial charge < -0.3 is 10.4 Å². The van der Waals surface area contributed by atoms with E-state index in [4.69, 9.17) is 7.85 Å². The van der Waals surface area contributed by atoms with Gasteiger partial charge >= 0.3 is 0 Å². The molecular formula is C14H10BF2NO2S. The van der Waals surface area contributed by atoms with Gasteiger partial charge in [0.1, 0.15) is 7.85 Å². The van der Waals surface area contributed by atoms with Gasteiger partial charge in [0.25, 0.3) is 0 Å². The van der Waals surface area contributed by atoms with Crippen LogP contribution in [0.15, 0.2) is 23.1 Å². The number of nitrogens with one attached hydrogen (secondary N) is 1. The van der Waals surface area contributed by atoms with Gasteiger partial charge in [0.05, 0.1) is 16.3 Å². The van der Waals surface area contributed by atoms with Crippen LogP contribution in [0.25, 0.3) is 0 Å². The highest BCUT2D eigenvalue weighted by atomic mass is 32.1. The monoisotopic (exact) mass is 305 g/mol. The number of hydrogen-bond acceptors (Lipinski definition) is 4. The highest BCUT2D eigenvalue weighted by molar-refractivity contribution is 7.80. The molecule has 0 aliphatic heterocycles. The molecule has 0 atom stereocenters. The van der Waals surface area contributed by atoms with Gasteiger partial charge in [-0.3, -0.25) is 4.79 Å². The fourth-order valence-electron chi connectivity index (χ4n) is 1.94. The standard InChI is InChI=1S/C14H10BF2NO2S/c1-6-2-8(15)3-7(5-19)13(6)18-9-4-10(20)11(16)12(17)14(9)21/h2-5,18,20-21H,1H3. The number of aromatic hydroxyl groups is 1. The summed E-state index contributed by atoms with van der Waals surface area (Å²) < 4.78 is 26.8. The number of benzene rings is 2. The smallest absolute Gasteiger partial charge is 0.201 e. The average molecular weight is 305 g/mol. The summed E-state index contributed by atoms with van der Waals surface area (Å²) in [7, 11) is 5.64. The van der Waals surface area contributed by atoms with Crippen molar-refractivity contribution < 1.29 is 18.7 Å². The maximum Gasteiger partial charge on any atom is 0.201 e. The zero-order valence-corrected chi connectivity index (χ0v) is 11.8. The van der Waals surface area contributed by atoms with Crippen LogP contribution in [0.1, 0.15) is 15.9 Å². The van der Waals surface area contributed by atoms with Crippen LogP contribution < -0.4 is 10.8 Å². The van der Waals surface area contributed by atoms with Crippen molar-refractivity contribution in [3.63, 3.8) is 0 Å². The van der Waals surface area contributed by atoms with Crippen LogP contribution in [0.5, 0.6) is 5.75 Å². The third kappa shape index (κ3) is 2.87. The molecule has 0 aliphatic carbocycles. The van der Waals surface area contributed by atoms with E-state index in [0.29, 0.717) is 23.0 Å². The number of thiol groups is 1. The second kappa shape index (κ2) is 5.77. The SMILES string of the molecule is [B]c1cc(C)c(Nc2cc(O)c(F)c(F)c2S)c(C=O)c1. The first kappa shape index (κ1) is 15.4. The fraction of sp³-hybridized carbons (Fsp3) is 0.0714. The molecule has 2 aromatic carbocycles. The molecule has 7 heteroatoms. The number of phenolic OH excluding ortho intramolecular Hbond substituents is 1. The molecule has 2 radical (unpaired) electrons. The highest BCUT2D eigenvalue weighted by Crippen LogP contribution is 2.34. The van der Waals surface area contributed by atoms with E-state index >= 15 is 0 Å². The molecule has 0 saturated heterocycles. The van der Waals surface area contributed by atoms with Gasteiger partial charge in [0, 0.05) is 11.6 Å². The number of aryl methyl sites for hydroxylation is 1. The minimum absolute atomic E-state index is 0.0331. The zero-order valence-electron chi connectivity index (χ0n) is 10.9. The summed E-state index contributed by atoms with van der Waals surface area (Å²) in [6.45, 7) is 1.70. The lowest BCUT2D eigenvalue weighted by molar-refractivity contribution is 0.112. The summed E-state index contributed by atoms with van der Waals surface area (Å²) in [6, 6.07) is 4.05. The summed E-state index contributed by atoms with van der Waals surface area (Å²) in [6.07, 6.45) is 0.587. The van der Waals surface area contributed by atoms with Crippen molar-refractivity contribution in [2.75, 3.05) is 5.32 Å². The maximum absolute atomic E-state index is 13.6. The molecule has 0 spiro atoms. The van der Waals surface area contributed by atoms with Crippen molar-refractivity contribution in [2.45, 2.75) is 11.8 Å². The molecule has 0 saturated carbocycles. The largest absolute Gasteiger partial charge is 0.505 e. The van der Waals surface area contributed by atoms with Crippen LogP contribution >= 0.6 is 12.6 Å². The lowest BCUT2D eigenvalue weighted by atomic mass is 9.91. The summed E-state index contributed by atoms with van der Waals surface area (Å²) >= 11 is 3.87. The first-order chi connectivity index (χ1) is 9.85. The van der Waals surface area contributed by atoms with Crippen LogP contribution in [0.3, 0.4) is 0 Å². The second-order valence-electron chi connectivity index (χ2n) is 4.46. The molecular weight excluding hydrogens is 295 g/mol. The van der Waals surface area contributed by atoms with Gasteiger partial charge in [-0.05, 0) is 12.5 Å². The van der Waals surface area contributed by atoms with E-state index in [2.05, 4.69) is 17.9 Å². The van der Waals surface area contributed by atoms with E-state index in [1.165, 1.54) is 6.07 Å². The zero-order chi connectivity index (χ0) is 15.7. The van der Waals surface area contributed by atoms with E-state index in [9.17, 15) is 18.7 Å². The Kier molecular flexibility index (Phi) is 4.23. The van der Waals surface area contributed by atoms with Crippen molar-refractivity contribution in [1.82, 2.24) is 0 Å². The molecule has 0 aromatic heterocycles. The Balaban J connectivity index is 2.56. The van der Waals surface area contributed by atoms with Crippen molar-refractivity contribution in [3.8, 4) is 5.75 Å². The fourth-order valence-corrected chi connectivity index (χ4v) is 2.16. The van der Waals surface area contributed by atoms with Gasteiger partial charge in [-0.15, -0.1) is 12.6 Å². The Bertz CT molecular complexity index is 738. The van der Waals surface area contributed by atoms with Crippen molar-refractivity contribution in [2.24, 2.45) is 0 Å². The number of rotatable bonds is 3. The minimum Gasteiger partial charge on any atom is -0.505 e. The molecule has 0 amide bonds. The van der Waals surface area contributed by atoms with Crippen LogP contribution in [0.2, 0.25) is 0 Å². The van der Waals surface area contributed by atoms with Crippen LogP contribution in [-0.4, -0.2) is 19.2 Å². The molecule has 2 rings (SSSR count). The van der Waals surface area contributed by atoms with Gasteiger partial charge in [-0.25, -0.2) is 4.39 Å². The Labute approximate surface area is 126 Å². The highest BCUT2D eigenvalue weighted by Gasteiger charge is 2.17. The molecule has 2 aromatic rings. The Morgan fingerprint density at radius 2 is 1.95 bits per heavy atom. The van der Waals surface area contributed by atoms with E-state index in [1.54, 1.807) is 13.0 Å². The third-order valence-electron chi connectivity index (χ3n) is 2.94. The summed E-state index contributed by atoms with van der Waals surface area (Å²) in [5, 5.41) is 12.1. The molecule has 0 heterocycles. The van der Waals surface area contributed by atoms with E-state index < -0.39 is 17.4 Å². The number of carbonyl (C=O) groups excluding carboxylic acids is 1. The number of halogens is 2. The predicted molar refractivity (Wildman–Crippen MR) is 80.5 cm³/mol. The molecule has 21 heavy (non-hydrogen) atoms. The number of carbonyl (C=O) groups is 1. The Hall–Kier alpha value is -2.02. The molecule has 3 nitrogen and oxygen atoms in total. The topological polar surface area (TPSA) is 49.3 Å². The van der Waals surface area contributed by atoms with Crippen molar-refractivity contribution in [1.29, 1.82) is 0 Å². The first-order valence-electron chi connectivity index (χ1n) is 5.87. The molecule has 2 N–H and O–H groups in total. The van der Waals surface area contributed by atoms with E-state index in [-0.39, 0.29) is 16.1 Å². The lowest BCUT2D eigenvalue weighted by Gasteiger charge is -2.15. The van der Waals surface area contributed by atoms with Gasteiger partial charge in [-0.2, -0.15) is 4.39 Å². The van der Waals surface area contributed by atoms with Crippen LogP contribution in [0.4, 0.5) is 20.2 Å². The number of phenols is 1. The lowest BCUT2D eigenvalue weighted by Crippen LogP contribution is -2.09. The molecule has 106 valence electrons. The summed E-state index contributed by atoms with van der Waals surface area (Å²) in [5.74, 6) is -3.51. The van der Waals surface area contributed by atoms with Gasteiger partial charge in [0.15, 0.2) is 17.9 Å². The molecule has 0 bridgehead atoms. The number of anilines is 2. The normalized spacial score (nSPS) is 10.5. The molecule has 0 fully saturated rings. The second-order valence-corrected chi connectivity index (χ2v) is 4.91. The van der Waals surface area contributed by atoms with Crippen molar-refractivity contribution in [3.05, 3.63) is 41.0 Å². The minimum atomic E-state index is -1.38. The van der Waals surface area contributed by atoms with Crippen molar-refractivity contribution >= 4 is 43.6 Å². The molecule has 0 aliphatic rings. The maximum atomic E-state index is 13.6. The number of aldehydes is 1. The average Bonchev–Trinajstić information content (AvgIpc) is 2.44. The Morgan fingerprint density at radius 1 is 1.29 bits per heavy atom. The summed E-state index contributed by atoms with van der Waals surface area (Å²) in [5.41, 5.74) is 1.70. The first-order valence-corrected chi connectivity index (χ1v) is 6.32. The van der Waals surface area contributed by atoms with E-state index in [0.717, 1.165) is 6.07 Å². The van der Waals surface area contributed by atoms with Crippen LogP contribution in [-0.2, 0) is 0 Å². The quantitative estimate of drug-likeness (QED) is 0.464. The molecule has 0 unspecified atom stereocenters. The van der Waals surface area contributed by atoms with Gasteiger partial charge in [-0.1, -0.05) is 17.6 Å². The Morgan fingerprint density at radius 3 is 2.57 bits per heavy atom. The number of hydrogen-bond donors (Lipinski definition) is 3. The predicted octanol–water partition coefficient (Wildman–Crippen LogP) is 2.62. The summed E-state index contributed by atoms with van der Waals surface area (Å²) in [4.78, 5) is 10.8. The van der Waals surface area contributed by atoms with Gasteiger partial charge in [0.2, 0.25) is 5.82 Å².